The summed E-state index contributed by atoms with van der Waals surface area (Å²) < 4.78 is 0. The average Bonchev–Trinajstić information content (AvgIpc) is 2.32. The lowest BCUT2D eigenvalue weighted by Crippen LogP contribution is -2.39. The van der Waals surface area contributed by atoms with Crippen LogP contribution in [0.5, 0.6) is 0 Å². The van der Waals surface area contributed by atoms with Crippen molar-refractivity contribution < 1.29 is 9.90 Å². The summed E-state index contributed by atoms with van der Waals surface area (Å²) >= 11 is 0. The SMILES string of the molecule is O=CC(c1ccccc1)C1(O)CCCCC1. The number of hydrogen-bond donors (Lipinski definition) is 1. The summed E-state index contributed by atoms with van der Waals surface area (Å²) in [7, 11) is 0. The van der Waals surface area contributed by atoms with Crippen LogP contribution in [-0.4, -0.2) is 17.0 Å². The maximum atomic E-state index is 11.2. The van der Waals surface area contributed by atoms with E-state index in [1.807, 2.05) is 30.3 Å². The molecular weight excluding hydrogens is 200 g/mol. The summed E-state index contributed by atoms with van der Waals surface area (Å²) in [4.78, 5) is 11.2. The number of aldehydes is 1. The molecular formula is C14H18O2. The molecule has 1 unspecified atom stereocenters. The second-order valence-corrected chi connectivity index (χ2v) is 4.69. The third kappa shape index (κ3) is 2.17. The highest BCUT2D eigenvalue weighted by atomic mass is 16.3. The summed E-state index contributed by atoms with van der Waals surface area (Å²) in [5, 5.41) is 10.6. The smallest absolute Gasteiger partial charge is 0.130 e. The zero-order valence-corrected chi connectivity index (χ0v) is 9.43. The van der Waals surface area contributed by atoms with E-state index in [-0.39, 0.29) is 5.92 Å². The third-order valence-corrected chi connectivity index (χ3v) is 3.59. The van der Waals surface area contributed by atoms with E-state index in [4.69, 9.17) is 0 Å². The van der Waals surface area contributed by atoms with Gasteiger partial charge in [0.05, 0.1) is 11.5 Å². The number of benzene rings is 1. The molecule has 0 saturated heterocycles. The first-order valence-electron chi connectivity index (χ1n) is 5.99. The molecule has 1 aromatic rings. The first-order chi connectivity index (χ1) is 7.76. The highest BCUT2D eigenvalue weighted by Crippen LogP contribution is 2.38. The van der Waals surface area contributed by atoms with Crippen molar-refractivity contribution in [2.45, 2.75) is 43.6 Å². The van der Waals surface area contributed by atoms with Crippen LogP contribution >= 0.6 is 0 Å². The van der Waals surface area contributed by atoms with E-state index in [2.05, 4.69) is 0 Å². The molecule has 1 aliphatic carbocycles. The van der Waals surface area contributed by atoms with Gasteiger partial charge >= 0.3 is 0 Å². The molecule has 16 heavy (non-hydrogen) atoms. The van der Waals surface area contributed by atoms with Crippen LogP contribution in [0.1, 0.15) is 43.6 Å². The van der Waals surface area contributed by atoms with Crippen molar-refractivity contribution in [1.82, 2.24) is 0 Å². The Kier molecular flexibility index (Phi) is 3.39. The Balaban J connectivity index is 2.25. The predicted molar refractivity (Wildman–Crippen MR) is 63.3 cm³/mol. The van der Waals surface area contributed by atoms with Crippen LogP contribution in [0.15, 0.2) is 30.3 Å². The molecule has 0 amide bonds. The van der Waals surface area contributed by atoms with Crippen molar-refractivity contribution in [3.8, 4) is 0 Å². The van der Waals surface area contributed by atoms with E-state index >= 15 is 0 Å². The number of aliphatic hydroxyl groups is 1. The zero-order chi connectivity index (χ0) is 11.4. The van der Waals surface area contributed by atoms with Crippen LogP contribution in [-0.2, 0) is 4.79 Å². The Morgan fingerprint density at radius 1 is 1.12 bits per heavy atom. The average molecular weight is 218 g/mol. The fourth-order valence-corrected chi connectivity index (χ4v) is 2.65. The topological polar surface area (TPSA) is 37.3 Å². The van der Waals surface area contributed by atoms with Gasteiger partial charge in [-0.25, -0.2) is 0 Å². The molecule has 0 spiro atoms. The lowest BCUT2D eigenvalue weighted by atomic mass is 9.73. The van der Waals surface area contributed by atoms with Gasteiger partial charge < -0.3 is 9.90 Å². The number of hydrogen-bond acceptors (Lipinski definition) is 2. The van der Waals surface area contributed by atoms with Gasteiger partial charge in [-0.05, 0) is 18.4 Å². The van der Waals surface area contributed by atoms with Crippen molar-refractivity contribution in [1.29, 1.82) is 0 Å². The zero-order valence-electron chi connectivity index (χ0n) is 9.43. The fourth-order valence-electron chi connectivity index (χ4n) is 2.65. The molecule has 2 nitrogen and oxygen atoms in total. The van der Waals surface area contributed by atoms with Crippen LogP contribution in [0.2, 0.25) is 0 Å². The van der Waals surface area contributed by atoms with E-state index in [1.165, 1.54) is 6.42 Å². The molecule has 0 heterocycles. The minimum absolute atomic E-state index is 0.367. The van der Waals surface area contributed by atoms with E-state index in [0.29, 0.717) is 0 Å². The Labute approximate surface area is 96.3 Å². The largest absolute Gasteiger partial charge is 0.389 e. The molecule has 1 saturated carbocycles. The van der Waals surface area contributed by atoms with E-state index in [0.717, 1.165) is 37.5 Å². The van der Waals surface area contributed by atoms with E-state index < -0.39 is 5.60 Å². The summed E-state index contributed by atoms with van der Waals surface area (Å²) in [5.74, 6) is -0.367. The standard InChI is InChI=1S/C14H18O2/c15-11-13(12-7-3-1-4-8-12)14(16)9-5-2-6-10-14/h1,3-4,7-8,11,13,16H,2,5-6,9-10H2. The minimum Gasteiger partial charge on any atom is -0.389 e. The first-order valence-corrected chi connectivity index (χ1v) is 5.99. The maximum Gasteiger partial charge on any atom is 0.130 e. The molecule has 86 valence electrons. The summed E-state index contributed by atoms with van der Waals surface area (Å²) in [5.41, 5.74) is 0.114. The second kappa shape index (κ2) is 4.79. The van der Waals surface area contributed by atoms with E-state index in [1.54, 1.807) is 0 Å². The normalized spacial score (nSPS) is 21.3. The molecule has 0 aromatic heterocycles. The highest BCUT2D eigenvalue weighted by molar-refractivity contribution is 5.64. The van der Waals surface area contributed by atoms with Gasteiger partial charge in [-0.15, -0.1) is 0 Å². The Hall–Kier alpha value is -1.15. The fraction of sp³-hybridized carbons (Fsp3) is 0.500. The Bertz CT molecular complexity index is 339. The highest BCUT2D eigenvalue weighted by Gasteiger charge is 2.38. The second-order valence-electron chi connectivity index (χ2n) is 4.69. The molecule has 1 atom stereocenters. The van der Waals surface area contributed by atoms with Gasteiger partial charge in [-0.3, -0.25) is 0 Å². The Morgan fingerprint density at radius 2 is 1.75 bits per heavy atom. The van der Waals surface area contributed by atoms with Gasteiger partial charge in [0.2, 0.25) is 0 Å². The van der Waals surface area contributed by atoms with Gasteiger partial charge in [0.15, 0.2) is 0 Å². The van der Waals surface area contributed by atoms with E-state index in [9.17, 15) is 9.90 Å². The third-order valence-electron chi connectivity index (χ3n) is 3.59. The minimum atomic E-state index is -0.818. The summed E-state index contributed by atoms with van der Waals surface area (Å²) in [6.45, 7) is 0. The van der Waals surface area contributed by atoms with Crippen molar-refractivity contribution in [3.63, 3.8) is 0 Å². The summed E-state index contributed by atoms with van der Waals surface area (Å²) in [6.07, 6.45) is 5.60. The Morgan fingerprint density at radius 3 is 2.31 bits per heavy atom. The van der Waals surface area contributed by atoms with Crippen LogP contribution < -0.4 is 0 Å². The number of carbonyl (C=O) groups excluding carboxylic acids is 1. The van der Waals surface area contributed by atoms with Crippen LogP contribution in [0.25, 0.3) is 0 Å². The lowest BCUT2D eigenvalue weighted by Gasteiger charge is -2.36. The molecule has 0 aliphatic heterocycles. The molecule has 1 aromatic carbocycles. The number of rotatable bonds is 3. The number of carbonyl (C=O) groups is 1. The molecule has 1 fully saturated rings. The van der Waals surface area contributed by atoms with Crippen molar-refractivity contribution in [2.24, 2.45) is 0 Å². The van der Waals surface area contributed by atoms with Crippen molar-refractivity contribution in [2.75, 3.05) is 0 Å². The van der Waals surface area contributed by atoms with Gasteiger partial charge in [0, 0.05) is 0 Å². The lowest BCUT2D eigenvalue weighted by molar-refractivity contribution is -0.117. The molecule has 0 radical (unpaired) electrons. The van der Waals surface area contributed by atoms with Crippen molar-refractivity contribution >= 4 is 6.29 Å². The summed E-state index contributed by atoms with van der Waals surface area (Å²) in [6, 6.07) is 9.60. The molecule has 2 rings (SSSR count). The van der Waals surface area contributed by atoms with Crippen molar-refractivity contribution in [3.05, 3.63) is 35.9 Å². The molecule has 1 aliphatic rings. The quantitative estimate of drug-likeness (QED) is 0.792. The molecule has 0 bridgehead atoms. The van der Waals surface area contributed by atoms with Crippen LogP contribution in [0.3, 0.4) is 0 Å². The monoisotopic (exact) mass is 218 g/mol. The van der Waals surface area contributed by atoms with Gasteiger partial charge in [0.1, 0.15) is 6.29 Å². The van der Waals surface area contributed by atoms with Gasteiger partial charge in [-0.1, -0.05) is 49.6 Å². The van der Waals surface area contributed by atoms with Gasteiger partial charge in [0.25, 0.3) is 0 Å². The molecule has 1 N–H and O–H groups in total. The predicted octanol–water partition coefficient (Wildman–Crippen LogP) is 2.66. The van der Waals surface area contributed by atoms with Crippen LogP contribution in [0.4, 0.5) is 0 Å². The first kappa shape index (κ1) is 11.3. The maximum absolute atomic E-state index is 11.2. The van der Waals surface area contributed by atoms with Gasteiger partial charge in [-0.2, -0.15) is 0 Å². The molecule has 2 heteroatoms. The van der Waals surface area contributed by atoms with Crippen LogP contribution in [0, 0.1) is 0 Å².